The van der Waals surface area contributed by atoms with Gasteiger partial charge in [0.15, 0.2) is 0 Å². The molecule has 76 valence electrons. The second-order valence-corrected chi connectivity index (χ2v) is 4.15. The fourth-order valence-corrected chi connectivity index (χ4v) is 1.98. The van der Waals surface area contributed by atoms with E-state index in [0.29, 0.717) is 12.3 Å². The number of nitrogens with zero attached hydrogens (tertiary/aromatic N) is 1. The van der Waals surface area contributed by atoms with Crippen LogP contribution in [0.15, 0.2) is 0 Å². The number of rotatable bonds is 2. The molecule has 13 heavy (non-hydrogen) atoms. The van der Waals surface area contributed by atoms with Crippen LogP contribution in [-0.4, -0.2) is 29.9 Å². The minimum atomic E-state index is 0.185. The Kier molecular flexibility index (Phi) is 3.72. The van der Waals surface area contributed by atoms with Crippen LogP contribution in [0.4, 0.5) is 0 Å². The number of piperidine rings is 1. The highest BCUT2D eigenvalue weighted by molar-refractivity contribution is 5.76. The van der Waals surface area contributed by atoms with Crippen molar-refractivity contribution < 1.29 is 4.79 Å². The number of nitrogens with two attached hydrogens (primary N) is 1. The zero-order chi connectivity index (χ0) is 9.84. The molecule has 3 heteroatoms. The van der Waals surface area contributed by atoms with Crippen molar-refractivity contribution in [1.29, 1.82) is 0 Å². The smallest absolute Gasteiger partial charge is 0.222 e. The first-order chi connectivity index (χ1) is 6.13. The quantitative estimate of drug-likeness (QED) is 0.695. The van der Waals surface area contributed by atoms with Crippen molar-refractivity contribution in [2.24, 2.45) is 11.7 Å². The van der Waals surface area contributed by atoms with Crippen LogP contribution in [0.3, 0.4) is 0 Å². The van der Waals surface area contributed by atoms with Gasteiger partial charge in [-0.05, 0) is 18.8 Å². The first-order valence-electron chi connectivity index (χ1n) is 5.16. The Morgan fingerprint density at radius 1 is 1.54 bits per heavy atom. The topological polar surface area (TPSA) is 46.3 Å². The third kappa shape index (κ3) is 2.99. The van der Waals surface area contributed by atoms with Crippen LogP contribution < -0.4 is 5.73 Å². The van der Waals surface area contributed by atoms with Crippen molar-refractivity contribution in [3.8, 4) is 0 Å². The Labute approximate surface area is 80.3 Å². The second kappa shape index (κ2) is 4.61. The van der Waals surface area contributed by atoms with Gasteiger partial charge in [-0.25, -0.2) is 0 Å². The fourth-order valence-electron chi connectivity index (χ4n) is 1.98. The molecule has 0 spiro atoms. The van der Waals surface area contributed by atoms with E-state index in [4.69, 9.17) is 5.73 Å². The molecule has 0 aromatic rings. The summed E-state index contributed by atoms with van der Waals surface area (Å²) in [6, 6.07) is 0.185. The molecule has 0 bridgehead atoms. The van der Waals surface area contributed by atoms with Crippen molar-refractivity contribution in [2.45, 2.75) is 39.2 Å². The molecule has 0 radical (unpaired) electrons. The highest BCUT2D eigenvalue weighted by atomic mass is 16.2. The van der Waals surface area contributed by atoms with Gasteiger partial charge >= 0.3 is 0 Å². The Morgan fingerprint density at radius 2 is 2.23 bits per heavy atom. The molecule has 0 aromatic heterocycles. The van der Waals surface area contributed by atoms with E-state index >= 15 is 0 Å². The molecule has 1 saturated heterocycles. The molecule has 0 aliphatic carbocycles. The van der Waals surface area contributed by atoms with Crippen molar-refractivity contribution in [2.75, 3.05) is 13.1 Å². The van der Waals surface area contributed by atoms with Crippen LogP contribution in [0.2, 0.25) is 0 Å². The van der Waals surface area contributed by atoms with Crippen LogP contribution in [0.1, 0.15) is 33.1 Å². The third-order valence-corrected chi connectivity index (χ3v) is 2.51. The van der Waals surface area contributed by atoms with Crippen LogP contribution in [-0.2, 0) is 4.79 Å². The number of hydrogen-bond donors (Lipinski definition) is 1. The van der Waals surface area contributed by atoms with Gasteiger partial charge in [0, 0.05) is 25.6 Å². The normalized spacial score (nSPS) is 29.0. The lowest BCUT2D eigenvalue weighted by molar-refractivity contribution is -0.133. The SMILES string of the molecule is CCCC(=O)N1CC(C)CC(N)C1. The molecular formula is C10H20N2O. The minimum Gasteiger partial charge on any atom is -0.341 e. The summed E-state index contributed by atoms with van der Waals surface area (Å²) in [5, 5.41) is 0. The third-order valence-electron chi connectivity index (χ3n) is 2.51. The largest absolute Gasteiger partial charge is 0.341 e. The first kappa shape index (κ1) is 10.5. The van der Waals surface area contributed by atoms with Gasteiger partial charge in [-0.1, -0.05) is 13.8 Å². The van der Waals surface area contributed by atoms with Gasteiger partial charge in [0.25, 0.3) is 0 Å². The summed E-state index contributed by atoms with van der Waals surface area (Å²) < 4.78 is 0. The Morgan fingerprint density at radius 3 is 2.77 bits per heavy atom. The minimum absolute atomic E-state index is 0.185. The van der Waals surface area contributed by atoms with Crippen molar-refractivity contribution in [1.82, 2.24) is 4.90 Å². The molecule has 1 aliphatic rings. The molecule has 0 aromatic carbocycles. The summed E-state index contributed by atoms with van der Waals surface area (Å²) in [4.78, 5) is 13.5. The standard InChI is InChI=1S/C10H20N2O/c1-3-4-10(13)12-6-8(2)5-9(11)7-12/h8-9H,3-7,11H2,1-2H3. The number of carbonyl (C=O) groups excluding carboxylic acids is 1. The van der Waals surface area contributed by atoms with E-state index in [1.165, 1.54) is 0 Å². The maximum absolute atomic E-state index is 11.6. The van der Waals surface area contributed by atoms with E-state index in [9.17, 15) is 4.79 Å². The van der Waals surface area contributed by atoms with E-state index < -0.39 is 0 Å². The summed E-state index contributed by atoms with van der Waals surface area (Å²) in [7, 11) is 0. The number of carbonyl (C=O) groups is 1. The van der Waals surface area contributed by atoms with E-state index in [0.717, 1.165) is 25.9 Å². The van der Waals surface area contributed by atoms with Crippen LogP contribution >= 0.6 is 0 Å². The summed E-state index contributed by atoms with van der Waals surface area (Å²) in [6.45, 7) is 5.84. The van der Waals surface area contributed by atoms with Gasteiger partial charge in [0.1, 0.15) is 0 Å². The average Bonchev–Trinajstić information content (AvgIpc) is 2.03. The Balaban J connectivity index is 2.45. The molecule has 2 atom stereocenters. The zero-order valence-electron chi connectivity index (χ0n) is 8.62. The molecule has 1 fully saturated rings. The maximum atomic E-state index is 11.6. The Bertz CT molecular complexity index is 172. The second-order valence-electron chi connectivity index (χ2n) is 4.15. The predicted molar refractivity (Wildman–Crippen MR) is 53.2 cm³/mol. The molecule has 2 unspecified atom stereocenters. The van der Waals surface area contributed by atoms with Gasteiger partial charge in [-0.2, -0.15) is 0 Å². The first-order valence-corrected chi connectivity index (χ1v) is 5.16. The maximum Gasteiger partial charge on any atom is 0.222 e. The molecule has 1 heterocycles. The number of hydrogen-bond acceptors (Lipinski definition) is 2. The summed E-state index contributed by atoms with van der Waals surface area (Å²) in [5.74, 6) is 0.828. The Hall–Kier alpha value is -0.570. The van der Waals surface area contributed by atoms with Crippen molar-refractivity contribution >= 4 is 5.91 Å². The summed E-state index contributed by atoms with van der Waals surface area (Å²) >= 11 is 0. The zero-order valence-corrected chi connectivity index (χ0v) is 8.62. The average molecular weight is 184 g/mol. The number of likely N-dealkylation sites (tertiary alicyclic amines) is 1. The van der Waals surface area contributed by atoms with E-state index in [-0.39, 0.29) is 11.9 Å². The van der Waals surface area contributed by atoms with E-state index in [2.05, 4.69) is 6.92 Å². The molecule has 2 N–H and O–H groups in total. The van der Waals surface area contributed by atoms with Gasteiger partial charge < -0.3 is 10.6 Å². The molecular weight excluding hydrogens is 164 g/mol. The van der Waals surface area contributed by atoms with E-state index in [1.807, 2.05) is 11.8 Å². The lowest BCUT2D eigenvalue weighted by atomic mass is 9.96. The van der Waals surface area contributed by atoms with Crippen LogP contribution in [0.25, 0.3) is 0 Å². The molecule has 1 aliphatic heterocycles. The van der Waals surface area contributed by atoms with Gasteiger partial charge in [0.2, 0.25) is 5.91 Å². The fraction of sp³-hybridized carbons (Fsp3) is 0.900. The predicted octanol–water partition coefficient (Wildman–Crippen LogP) is 0.982. The van der Waals surface area contributed by atoms with Crippen molar-refractivity contribution in [3.63, 3.8) is 0 Å². The van der Waals surface area contributed by atoms with Crippen molar-refractivity contribution in [3.05, 3.63) is 0 Å². The molecule has 0 saturated carbocycles. The lowest BCUT2D eigenvalue weighted by Crippen LogP contribution is -2.48. The highest BCUT2D eigenvalue weighted by Gasteiger charge is 2.24. The molecule has 1 amide bonds. The number of amides is 1. The summed E-state index contributed by atoms with van der Waals surface area (Å²) in [6.07, 6.45) is 2.65. The van der Waals surface area contributed by atoms with E-state index in [1.54, 1.807) is 0 Å². The van der Waals surface area contributed by atoms with Crippen LogP contribution in [0.5, 0.6) is 0 Å². The van der Waals surface area contributed by atoms with Crippen LogP contribution in [0, 0.1) is 5.92 Å². The summed E-state index contributed by atoms with van der Waals surface area (Å²) in [5.41, 5.74) is 5.86. The lowest BCUT2D eigenvalue weighted by Gasteiger charge is -2.34. The monoisotopic (exact) mass is 184 g/mol. The van der Waals surface area contributed by atoms with Gasteiger partial charge in [0.05, 0.1) is 0 Å². The molecule has 3 nitrogen and oxygen atoms in total. The van der Waals surface area contributed by atoms with Gasteiger partial charge in [-0.3, -0.25) is 4.79 Å². The van der Waals surface area contributed by atoms with Gasteiger partial charge in [-0.15, -0.1) is 0 Å². The highest BCUT2D eigenvalue weighted by Crippen LogP contribution is 2.15. The molecule has 1 rings (SSSR count).